The number of hydrogen-bond acceptors (Lipinski definition) is 3. The Morgan fingerprint density at radius 3 is 2.83 bits per heavy atom. The number of aromatic amines is 1. The van der Waals surface area contributed by atoms with Gasteiger partial charge in [-0.1, -0.05) is 11.6 Å². The van der Waals surface area contributed by atoms with Gasteiger partial charge in [-0.05, 0) is 31.5 Å². The molecule has 3 N–H and O–H groups in total. The summed E-state index contributed by atoms with van der Waals surface area (Å²) >= 11 is 6.07. The van der Waals surface area contributed by atoms with Crippen LogP contribution < -0.4 is 16.0 Å². The van der Waals surface area contributed by atoms with Crippen molar-refractivity contribution in [3.63, 3.8) is 0 Å². The van der Waals surface area contributed by atoms with Crippen LogP contribution in [0.5, 0.6) is 5.75 Å². The van der Waals surface area contributed by atoms with E-state index in [4.69, 9.17) is 22.1 Å². The van der Waals surface area contributed by atoms with Crippen molar-refractivity contribution in [1.82, 2.24) is 4.98 Å². The molecule has 1 aromatic carbocycles. The molecule has 0 fully saturated rings. The van der Waals surface area contributed by atoms with Gasteiger partial charge in [-0.15, -0.1) is 0 Å². The van der Waals surface area contributed by atoms with Crippen LogP contribution >= 0.6 is 11.6 Å². The van der Waals surface area contributed by atoms with Gasteiger partial charge in [-0.2, -0.15) is 0 Å². The van der Waals surface area contributed by atoms with Gasteiger partial charge in [-0.3, -0.25) is 4.79 Å². The van der Waals surface area contributed by atoms with Crippen LogP contribution in [0, 0.1) is 0 Å². The standard InChI is InChI=1S/C13H15ClN2O2/c1-7(15)5-8-6-9-11(18-2)4-3-10(14)12(9)16-13(8)17/h3-4,6-7H,5,15H2,1-2H3,(H,16,17). The molecule has 18 heavy (non-hydrogen) atoms. The topological polar surface area (TPSA) is 68.1 Å². The monoisotopic (exact) mass is 266 g/mol. The van der Waals surface area contributed by atoms with Crippen LogP contribution in [0.1, 0.15) is 12.5 Å². The molecule has 0 spiro atoms. The summed E-state index contributed by atoms with van der Waals surface area (Å²) in [6.45, 7) is 1.86. The highest BCUT2D eigenvalue weighted by molar-refractivity contribution is 6.35. The highest BCUT2D eigenvalue weighted by Crippen LogP contribution is 2.29. The summed E-state index contributed by atoms with van der Waals surface area (Å²) in [5.41, 5.74) is 6.80. The van der Waals surface area contributed by atoms with Crippen LogP contribution in [0.25, 0.3) is 10.9 Å². The van der Waals surface area contributed by atoms with Crippen molar-refractivity contribution >= 4 is 22.5 Å². The van der Waals surface area contributed by atoms with E-state index in [1.54, 1.807) is 25.3 Å². The number of H-pyrrole nitrogens is 1. The third kappa shape index (κ3) is 2.35. The number of aromatic nitrogens is 1. The molecule has 1 unspecified atom stereocenters. The average molecular weight is 267 g/mol. The molecule has 0 radical (unpaired) electrons. The van der Waals surface area contributed by atoms with Gasteiger partial charge >= 0.3 is 0 Å². The molecular formula is C13H15ClN2O2. The van der Waals surface area contributed by atoms with Gasteiger partial charge in [0.1, 0.15) is 5.75 Å². The van der Waals surface area contributed by atoms with E-state index in [0.717, 1.165) is 5.39 Å². The van der Waals surface area contributed by atoms with Crippen molar-refractivity contribution in [2.75, 3.05) is 7.11 Å². The van der Waals surface area contributed by atoms with Crippen LogP contribution in [0.15, 0.2) is 23.0 Å². The second-order valence-corrected chi connectivity index (χ2v) is 4.75. The van der Waals surface area contributed by atoms with Gasteiger partial charge in [-0.25, -0.2) is 0 Å². The summed E-state index contributed by atoms with van der Waals surface area (Å²) < 4.78 is 5.27. The fraction of sp³-hybridized carbons (Fsp3) is 0.308. The van der Waals surface area contributed by atoms with Crippen molar-refractivity contribution in [3.8, 4) is 5.75 Å². The molecule has 0 aliphatic rings. The number of ether oxygens (including phenoxy) is 1. The number of rotatable bonds is 3. The summed E-state index contributed by atoms with van der Waals surface area (Å²) in [4.78, 5) is 14.7. The van der Waals surface area contributed by atoms with Crippen LogP contribution in [-0.2, 0) is 6.42 Å². The molecule has 0 aliphatic carbocycles. The molecule has 1 aromatic heterocycles. The summed E-state index contributed by atoms with van der Waals surface area (Å²) in [7, 11) is 1.58. The minimum atomic E-state index is -0.157. The van der Waals surface area contributed by atoms with E-state index < -0.39 is 0 Å². The lowest BCUT2D eigenvalue weighted by Crippen LogP contribution is -2.23. The Labute approximate surface area is 110 Å². The molecule has 4 nitrogen and oxygen atoms in total. The van der Waals surface area contributed by atoms with Crippen molar-refractivity contribution in [1.29, 1.82) is 0 Å². The Bertz CT molecular complexity index is 635. The molecular weight excluding hydrogens is 252 g/mol. The first kappa shape index (κ1) is 12.9. The molecule has 2 aromatic rings. The smallest absolute Gasteiger partial charge is 0.251 e. The Morgan fingerprint density at radius 1 is 1.50 bits per heavy atom. The van der Waals surface area contributed by atoms with Crippen molar-refractivity contribution in [2.45, 2.75) is 19.4 Å². The van der Waals surface area contributed by atoms with Gasteiger partial charge in [0.25, 0.3) is 5.56 Å². The van der Waals surface area contributed by atoms with E-state index in [1.165, 1.54) is 0 Å². The molecule has 0 amide bonds. The Morgan fingerprint density at radius 2 is 2.22 bits per heavy atom. The Hall–Kier alpha value is -1.52. The summed E-state index contributed by atoms with van der Waals surface area (Å²) in [5.74, 6) is 0.677. The second-order valence-electron chi connectivity index (χ2n) is 4.34. The number of nitrogens with two attached hydrogens (primary N) is 1. The first-order valence-electron chi connectivity index (χ1n) is 5.67. The minimum Gasteiger partial charge on any atom is -0.496 e. The van der Waals surface area contributed by atoms with Crippen molar-refractivity contribution < 1.29 is 4.74 Å². The predicted octanol–water partition coefficient (Wildman–Crippen LogP) is 2.08. The average Bonchev–Trinajstić information content (AvgIpc) is 2.31. The normalized spacial score (nSPS) is 12.7. The van der Waals surface area contributed by atoms with E-state index in [1.807, 2.05) is 6.92 Å². The van der Waals surface area contributed by atoms with Crippen molar-refractivity contribution in [2.24, 2.45) is 5.73 Å². The molecule has 1 atom stereocenters. The van der Waals surface area contributed by atoms with E-state index in [9.17, 15) is 4.79 Å². The fourth-order valence-electron chi connectivity index (χ4n) is 1.95. The maximum atomic E-state index is 11.9. The first-order valence-corrected chi connectivity index (χ1v) is 6.04. The van der Waals surface area contributed by atoms with Gasteiger partial charge < -0.3 is 15.5 Å². The summed E-state index contributed by atoms with van der Waals surface area (Å²) in [6.07, 6.45) is 0.515. The quantitative estimate of drug-likeness (QED) is 0.894. The summed E-state index contributed by atoms with van der Waals surface area (Å²) in [5, 5.41) is 1.29. The van der Waals surface area contributed by atoms with E-state index >= 15 is 0 Å². The number of methoxy groups -OCH3 is 1. The van der Waals surface area contributed by atoms with Gasteiger partial charge in [0.05, 0.1) is 17.6 Å². The lowest BCUT2D eigenvalue weighted by Gasteiger charge is -2.10. The molecule has 96 valence electrons. The third-order valence-electron chi connectivity index (χ3n) is 2.77. The number of benzene rings is 1. The largest absolute Gasteiger partial charge is 0.496 e. The molecule has 0 saturated carbocycles. The van der Waals surface area contributed by atoms with Crippen LogP contribution in [0.2, 0.25) is 5.02 Å². The third-order valence-corrected chi connectivity index (χ3v) is 3.08. The molecule has 5 heteroatoms. The van der Waals surface area contributed by atoms with Gasteiger partial charge in [0.15, 0.2) is 0 Å². The number of fused-ring (bicyclic) bond motifs is 1. The summed E-state index contributed by atoms with van der Waals surface area (Å²) in [6, 6.07) is 5.19. The highest BCUT2D eigenvalue weighted by atomic mass is 35.5. The van der Waals surface area contributed by atoms with Gasteiger partial charge in [0.2, 0.25) is 0 Å². The van der Waals surface area contributed by atoms with Crippen LogP contribution in [0.4, 0.5) is 0 Å². The fourth-order valence-corrected chi connectivity index (χ4v) is 2.17. The number of nitrogens with one attached hydrogen (secondary N) is 1. The zero-order chi connectivity index (χ0) is 13.3. The Kier molecular flexibility index (Phi) is 3.59. The number of pyridine rings is 1. The van der Waals surface area contributed by atoms with E-state index in [-0.39, 0.29) is 11.6 Å². The maximum Gasteiger partial charge on any atom is 0.251 e. The maximum absolute atomic E-state index is 11.9. The predicted molar refractivity (Wildman–Crippen MR) is 73.5 cm³/mol. The molecule has 1 heterocycles. The molecule has 0 bridgehead atoms. The van der Waals surface area contributed by atoms with Gasteiger partial charge in [0, 0.05) is 17.0 Å². The Balaban J connectivity index is 2.72. The highest BCUT2D eigenvalue weighted by Gasteiger charge is 2.10. The number of halogens is 1. The zero-order valence-corrected chi connectivity index (χ0v) is 11.0. The zero-order valence-electron chi connectivity index (χ0n) is 10.3. The molecule has 2 rings (SSSR count). The second kappa shape index (κ2) is 5.00. The van der Waals surface area contributed by atoms with Crippen LogP contribution in [-0.4, -0.2) is 18.1 Å². The molecule has 0 saturated heterocycles. The minimum absolute atomic E-state index is 0.0753. The van der Waals surface area contributed by atoms with E-state index in [2.05, 4.69) is 4.98 Å². The lowest BCUT2D eigenvalue weighted by atomic mass is 10.1. The first-order chi connectivity index (χ1) is 8.52. The number of hydrogen-bond donors (Lipinski definition) is 2. The van der Waals surface area contributed by atoms with E-state index in [0.29, 0.717) is 28.3 Å². The van der Waals surface area contributed by atoms with Crippen molar-refractivity contribution in [3.05, 3.63) is 39.1 Å². The SMILES string of the molecule is COc1ccc(Cl)c2[nH]c(=O)c(CC(C)N)cc12. The van der Waals surface area contributed by atoms with Crippen LogP contribution in [0.3, 0.4) is 0 Å². The molecule has 0 aliphatic heterocycles. The lowest BCUT2D eigenvalue weighted by molar-refractivity contribution is 0.419.